The molecule has 0 unspecified atom stereocenters. The van der Waals surface area contributed by atoms with E-state index in [1.807, 2.05) is 36.5 Å². The Labute approximate surface area is 234 Å². The maximum Gasteiger partial charge on any atom is 0.318 e. The van der Waals surface area contributed by atoms with E-state index in [4.69, 9.17) is 14.7 Å². The minimum absolute atomic E-state index is 0.227. The van der Waals surface area contributed by atoms with Gasteiger partial charge in [0.1, 0.15) is 24.5 Å². The number of carbonyl (C=O) groups is 1. The molecule has 6 rings (SSSR count). The highest BCUT2D eigenvalue weighted by atomic mass is 16.5. The number of carbonyl (C=O) groups excluding carboxylic acids is 1. The van der Waals surface area contributed by atoms with Crippen molar-refractivity contribution in [1.29, 1.82) is 0 Å². The van der Waals surface area contributed by atoms with Gasteiger partial charge >= 0.3 is 6.01 Å². The van der Waals surface area contributed by atoms with Gasteiger partial charge in [0, 0.05) is 81.3 Å². The molecule has 2 fully saturated rings. The van der Waals surface area contributed by atoms with Crippen molar-refractivity contribution in [2.24, 2.45) is 0 Å². The van der Waals surface area contributed by atoms with E-state index in [9.17, 15) is 9.90 Å². The number of allylic oxidation sites excluding steroid dienone is 1. The van der Waals surface area contributed by atoms with Crippen LogP contribution < -0.4 is 19.9 Å². The zero-order valence-corrected chi connectivity index (χ0v) is 23.0. The number of hydrogen-bond acceptors (Lipinski definition) is 10. The number of anilines is 2. The minimum Gasteiger partial charge on any atom is -0.508 e. The van der Waals surface area contributed by atoms with Crippen LogP contribution in [0, 0.1) is 0 Å². The van der Waals surface area contributed by atoms with Crippen molar-refractivity contribution in [1.82, 2.24) is 25.1 Å². The third-order valence-corrected chi connectivity index (χ3v) is 8.05. The quantitative estimate of drug-likeness (QED) is 0.340. The molecule has 0 amide bonds. The minimum atomic E-state index is 0.227. The maximum atomic E-state index is 10.8. The highest BCUT2D eigenvalue weighted by Gasteiger charge is 2.28. The summed E-state index contributed by atoms with van der Waals surface area (Å²) in [6.07, 6.45) is 5.02. The number of hydrogen-bond donors (Lipinski definition) is 2. The fourth-order valence-corrected chi connectivity index (χ4v) is 5.97. The van der Waals surface area contributed by atoms with E-state index in [1.54, 1.807) is 6.08 Å². The van der Waals surface area contributed by atoms with Crippen LogP contribution in [0.5, 0.6) is 11.8 Å². The molecule has 0 saturated carbocycles. The van der Waals surface area contributed by atoms with Gasteiger partial charge < -0.3 is 34.8 Å². The van der Waals surface area contributed by atoms with Crippen molar-refractivity contribution in [3.8, 4) is 11.8 Å². The number of fused-ring (bicyclic) bond motifs is 2. The molecule has 4 heterocycles. The van der Waals surface area contributed by atoms with E-state index in [0.29, 0.717) is 19.2 Å². The van der Waals surface area contributed by atoms with Gasteiger partial charge in [-0.25, -0.2) is 0 Å². The van der Waals surface area contributed by atoms with Crippen LogP contribution in [0.25, 0.3) is 10.8 Å². The van der Waals surface area contributed by atoms with Gasteiger partial charge in [0.2, 0.25) is 0 Å². The lowest BCUT2D eigenvalue weighted by atomic mass is 10.0. The number of aromatic nitrogens is 2. The Hall–Kier alpha value is -3.89. The number of piperazine rings is 2. The highest BCUT2D eigenvalue weighted by molar-refractivity contribution is 5.95. The summed E-state index contributed by atoms with van der Waals surface area (Å²) >= 11 is 0. The summed E-state index contributed by atoms with van der Waals surface area (Å²) in [6, 6.07) is 12.5. The van der Waals surface area contributed by atoms with Crippen molar-refractivity contribution in [3.05, 3.63) is 59.9 Å². The molecule has 2 aromatic carbocycles. The van der Waals surface area contributed by atoms with Gasteiger partial charge in [0.05, 0.1) is 18.3 Å². The zero-order chi connectivity index (χ0) is 27.5. The van der Waals surface area contributed by atoms with E-state index >= 15 is 0 Å². The molecule has 3 aromatic rings. The summed E-state index contributed by atoms with van der Waals surface area (Å²) in [5, 5.41) is 16.1. The molecule has 10 heteroatoms. The van der Waals surface area contributed by atoms with Crippen molar-refractivity contribution in [2.75, 3.05) is 75.8 Å². The number of phenols is 1. The summed E-state index contributed by atoms with van der Waals surface area (Å²) in [6.45, 7) is 8.07. The Morgan fingerprint density at radius 2 is 1.93 bits per heavy atom. The van der Waals surface area contributed by atoms with Crippen molar-refractivity contribution in [3.63, 3.8) is 0 Å². The molecular formula is C30H37N7O3. The molecule has 3 aliphatic rings. The van der Waals surface area contributed by atoms with E-state index in [0.717, 1.165) is 93.0 Å². The molecular weight excluding hydrogens is 506 g/mol. The van der Waals surface area contributed by atoms with Crippen molar-refractivity contribution < 1.29 is 14.6 Å². The van der Waals surface area contributed by atoms with Gasteiger partial charge in [-0.1, -0.05) is 24.3 Å². The number of ether oxygens (including phenoxy) is 1. The first kappa shape index (κ1) is 26.3. The first-order chi connectivity index (χ1) is 19.6. The van der Waals surface area contributed by atoms with Crippen LogP contribution in [-0.4, -0.2) is 103 Å². The molecule has 3 aliphatic heterocycles. The zero-order valence-electron chi connectivity index (χ0n) is 23.0. The normalized spacial score (nSPS) is 20.2. The number of phenolic OH excluding ortho intramolecular Hbond substituents is 1. The summed E-state index contributed by atoms with van der Waals surface area (Å²) < 4.78 is 6.24. The third kappa shape index (κ3) is 5.68. The smallest absolute Gasteiger partial charge is 0.318 e. The average Bonchev–Trinajstić information content (AvgIpc) is 2.98. The predicted molar refractivity (Wildman–Crippen MR) is 156 cm³/mol. The van der Waals surface area contributed by atoms with E-state index in [-0.39, 0.29) is 11.8 Å². The standard InChI is InChI=1S/C30H37N7O3/c1-34-11-8-31-23(19-34)21-40-30-32-27-20-37(28-18-24(39)17-22-5-2-3-6-25(22)28)10-7-26(27)29(33-30)36-14-12-35(13-15-36)9-4-16-38/h2-6,9,16-18,23,31,39H,7-8,10-15,19-21H2,1H3/t23-/m0/s1. The molecule has 1 aromatic heterocycles. The monoisotopic (exact) mass is 543 g/mol. The highest BCUT2D eigenvalue weighted by Crippen LogP contribution is 2.36. The Morgan fingerprint density at radius 3 is 2.75 bits per heavy atom. The Morgan fingerprint density at radius 1 is 1.07 bits per heavy atom. The van der Waals surface area contributed by atoms with Gasteiger partial charge in [-0.05, 0) is 31.0 Å². The molecule has 210 valence electrons. The largest absolute Gasteiger partial charge is 0.508 e. The number of benzene rings is 2. The third-order valence-electron chi connectivity index (χ3n) is 8.05. The van der Waals surface area contributed by atoms with Gasteiger partial charge in [-0.15, -0.1) is 0 Å². The Balaban J connectivity index is 1.29. The fourth-order valence-electron chi connectivity index (χ4n) is 5.97. The van der Waals surface area contributed by atoms with Crippen LogP contribution in [0.2, 0.25) is 0 Å². The topological polar surface area (TPSA) is 97.3 Å². The Kier molecular flexibility index (Phi) is 7.70. The number of likely N-dealkylation sites (N-methyl/N-ethyl adjacent to an activating group) is 1. The molecule has 0 bridgehead atoms. The first-order valence-electron chi connectivity index (χ1n) is 14.1. The van der Waals surface area contributed by atoms with Crippen LogP contribution >= 0.6 is 0 Å². The van der Waals surface area contributed by atoms with Crippen LogP contribution in [-0.2, 0) is 17.8 Å². The van der Waals surface area contributed by atoms with Gasteiger partial charge in [-0.2, -0.15) is 9.97 Å². The van der Waals surface area contributed by atoms with Crippen molar-refractivity contribution in [2.45, 2.75) is 19.0 Å². The summed E-state index contributed by atoms with van der Waals surface area (Å²) in [4.78, 5) is 29.8. The SMILES string of the molecule is CN1CCN[C@H](COc2nc3c(c(N4CCN(C=CC=O)CC4)n2)CCN(c2cc(O)cc4ccccc24)C3)C1. The van der Waals surface area contributed by atoms with Crippen LogP contribution in [0.1, 0.15) is 11.3 Å². The Bertz CT molecular complexity index is 1390. The number of nitrogens with zero attached hydrogens (tertiary/aromatic N) is 6. The van der Waals surface area contributed by atoms with Gasteiger partial charge in [-0.3, -0.25) is 4.79 Å². The molecule has 2 N–H and O–H groups in total. The van der Waals surface area contributed by atoms with E-state index < -0.39 is 0 Å². The second-order valence-electron chi connectivity index (χ2n) is 10.8. The molecule has 10 nitrogen and oxygen atoms in total. The second kappa shape index (κ2) is 11.7. The molecule has 0 aliphatic carbocycles. The number of aldehydes is 1. The fraction of sp³-hybridized carbons (Fsp3) is 0.433. The molecule has 1 atom stereocenters. The van der Waals surface area contributed by atoms with Gasteiger partial charge in [0.15, 0.2) is 0 Å². The molecule has 2 saturated heterocycles. The number of aromatic hydroxyl groups is 1. The number of rotatable bonds is 7. The maximum absolute atomic E-state index is 10.8. The lowest BCUT2D eigenvalue weighted by molar-refractivity contribution is -0.104. The average molecular weight is 544 g/mol. The van der Waals surface area contributed by atoms with E-state index in [2.05, 4.69) is 38.0 Å². The lowest BCUT2D eigenvalue weighted by Crippen LogP contribution is -2.51. The number of nitrogens with one attached hydrogen (secondary N) is 1. The molecule has 0 spiro atoms. The summed E-state index contributed by atoms with van der Waals surface area (Å²) in [7, 11) is 2.13. The summed E-state index contributed by atoms with van der Waals surface area (Å²) in [5.41, 5.74) is 3.14. The van der Waals surface area contributed by atoms with Crippen LogP contribution in [0.3, 0.4) is 0 Å². The lowest BCUT2D eigenvalue weighted by Gasteiger charge is -2.38. The van der Waals surface area contributed by atoms with Gasteiger partial charge in [0.25, 0.3) is 0 Å². The second-order valence-corrected chi connectivity index (χ2v) is 10.8. The van der Waals surface area contributed by atoms with Crippen LogP contribution in [0.4, 0.5) is 11.5 Å². The predicted octanol–water partition coefficient (Wildman–Crippen LogP) is 2.02. The van der Waals surface area contributed by atoms with Crippen LogP contribution in [0.15, 0.2) is 48.7 Å². The first-order valence-corrected chi connectivity index (χ1v) is 14.1. The molecule has 40 heavy (non-hydrogen) atoms. The van der Waals surface area contributed by atoms with Crippen molar-refractivity contribution >= 4 is 28.6 Å². The molecule has 0 radical (unpaired) electrons. The summed E-state index contributed by atoms with van der Waals surface area (Å²) in [5.74, 6) is 1.21. The van der Waals surface area contributed by atoms with E-state index in [1.165, 1.54) is 5.56 Å².